The van der Waals surface area contributed by atoms with Gasteiger partial charge in [0.05, 0.1) is 0 Å². The minimum Gasteiger partial charge on any atom is -0.434 e. The molecule has 2 heterocycles. The fourth-order valence-corrected chi connectivity index (χ4v) is 4.85. The maximum atomic E-state index is 12.6. The highest BCUT2D eigenvalue weighted by Gasteiger charge is 2.31. The summed E-state index contributed by atoms with van der Waals surface area (Å²) < 4.78 is 29.8. The predicted molar refractivity (Wildman–Crippen MR) is 114 cm³/mol. The molecular weight excluding hydrogens is 394 g/mol. The summed E-state index contributed by atoms with van der Waals surface area (Å²) in [5.41, 5.74) is 0.657. The molecule has 0 saturated carbocycles. The van der Waals surface area contributed by atoms with Crippen molar-refractivity contribution in [3.63, 3.8) is 0 Å². The Morgan fingerprint density at radius 1 is 1.28 bits per heavy atom. The molecule has 3 rings (SSSR count). The van der Waals surface area contributed by atoms with Crippen LogP contribution in [0.2, 0.25) is 0 Å². The van der Waals surface area contributed by atoms with Gasteiger partial charge in [0.15, 0.2) is 5.96 Å². The van der Waals surface area contributed by atoms with Crippen molar-refractivity contribution in [2.24, 2.45) is 10.9 Å². The maximum Gasteiger partial charge on any atom is 0.387 e. The zero-order valence-corrected chi connectivity index (χ0v) is 17.6. The third-order valence-corrected chi connectivity index (χ3v) is 6.18. The average Bonchev–Trinajstić information content (AvgIpc) is 3.23. The van der Waals surface area contributed by atoms with Crippen molar-refractivity contribution < 1.29 is 13.5 Å². The first-order valence-electron chi connectivity index (χ1n) is 9.79. The van der Waals surface area contributed by atoms with Crippen molar-refractivity contribution in [1.82, 2.24) is 15.5 Å². The van der Waals surface area contributed by atoms with Crippen LogP contribution in [0.1, 0.15) is 29.3 Å². The Labute approximate surface area is 174 Å². The molecule has 1 aromatic carbocycles. The minimum atomic E-state index is -2.84. The van der Waals surface area contributed by atoms with E-state index in [-0.39, 0.29) is 5.75 Å². The van der Waals surface area contributed by atoms with E-state index in [4.69, 9.17) is 0 Å². The summed E-state index contributed by atoms with van der Waals surface area (Å²) in [6.07, 6.45) is 2.33. The van der Waals surface area contributed by atoms with Crippen LogP contribution in [0.4, 0.5) is 8.78 Å². The molecule has 158 valence electrons. The van der Waals surface area contributed by atoms with Crippen LogP contribution in [0.15, 0.2) is 46.8 Å². The highest BCUT2D eigenvalue weighted by atomic mass is 32.1. The molecule has 29 heavy (non-hydrogen) atoms. The fraction of sp³-hybridized carbons (Fsp3) is 0.476. The van der Waals surface area contributed by atoms with Gasteiger partial charge in [-0.25, -0.2) is 0 Å². The van der Waals surface area contributed by atoms with Gasteiger partial charge in [-0.1, -0.05) is 24.3 Å². The molecule has 1 saturated heterocycles. The smallest absolute Gasteiger partial charge is 0.387 e. The molecule has 0 aliphatic carbocycles. The number of aliphatic imine (C=N–C) groups is 1. The molecule has 0 bridgehead atoms. The number of nitrogens with one attached hydrogen (secondary N) is 2. The molecule has 1 aliphatic heterocycles. The van der Waals surface area contributed by atoms with E-state index in [1.807, 2.05) is 0 Å². The van der Waals surface area contributed by atoms with Crippen LogP contribution in [0.25, 0.3) is 0 Å². The lowest BCUT2D eigenvalue weighted by molar-refractivity contribution is -0.0504. The maximum absolute atomic E-state index is 12.6. The van der Waals surface area contributed by atoms with E-state index in [2.05, 4.69) is 49.8 Å². The van der Waals surface area contributed by atoms with Crippen molar-refractivity contribution in [1.29, 1.82) is 0 Å². The molecule has 0 spiro atoms. The second-order valence-electron chi connectivity index (χ2n) is 7.14. The Hall–Kier alpha value is -2.19. The van der Waals surface area contributed by atoms with E-state index in [1.165, 1.54) is 11.3 Å². The summed E-state index contributed by atoms with van der Waals surface area (Å²) in [6.45, 7) is -0.595. The average molecular weight is 423 g/mol. The van der Waals surface area contributed by atoms with Gasteiger partial charge in [0, 0.05) is 36.6 Å². The van der Waals surface area contributed by atoms with Gasteiger partial charge in [0.1, 0.15) is 5.75 Å². The van der Waals surface area contributed by atoms with Crippen molar-refractivity contribution >= 4 is 17.3 Å². The van der Waals surface area contributed by atoms with Crippen molar-refractivity contribution in [3.05, 3.63) is 52.2 Å². The molecule has 5 nitrogen and oxygen atoms in total. The first kappa shape index (κ1) is 21.5. The quantitative estimate of drug-likeness (QED) is 0.521. The summed E-state index contributed by atoms with van der Waals surface area (Å²) in [7, 11) is 3.89. The van der Waals surface area contributed by atoms with Crippen LogP contribution in [0, 0.1) is 5.92 Å². The van der Waals surface area contributed by atoms with Gasteiger partial charge in [-0.2, -0.15) is 8.78 Å². The van der Waals surface area contributed by atoms with Crippen LogP contribution < -0.4 is 15.4 Å². The SMILES string of the molecule is CN=C(NCc1ccccc1OC(F)F)NCC1CCCN(C)C1c1cccs1. The zero-order chi connectivity index (χ0) is 20.6. The number of hydrogen-bond donors (Lipinski definition) is 2. The van der Waals surface area contributed by atoms with E-state index < -0.39 is 6.61 Å². The normalized spacial score (nSPS) is 20.7. The molecule has 2 N–H and O–H groups in total. The Morgan fingerprint density at radius 2 is 2.10 bits per heavy atom. The highest BCUT2D eigenvalue weighted by molar-refractivity contribution is 7.10. The Morgan fingerprint density at radius 3 is 2.83 bits per heavy atom. The largest absolute Gasteiger partial charge is 0.434 e. The van der Waals surface area contributed by atoms with Gasteiger partial charge < -0.3 is 15.4 Å². The predicted octanol–water partition coefficient (Wildman–Crippen LogP) is 4.10. The van der Waals surface area contributed by atoms with Gasteiger partial charge >= 0.3 is 6.61 Å². The molecule has 2 aromatic rings. The Kier molecular flexibility index (Phi) is 7.83. The second-order valence-corrected chi connectivity index (χ2v) is 8.12. The molecule has 2 unspecified atom stereocenters. The monoisotopic (exact) mass is 422 g/mol. The topological polar surface area (TPSA) is 48.9 Å². The second kappa shape index (κ2) is 10.5. The lowest BCUT2D eigenvalue weighted by atomic mass is 9.88. The van der Waals surface area contributed by atoms with Crippen LogP contribution in [0.5, 0.6) is 5.75 Å². The molecule has 0 radical (unpaired) electrons. The number of benzene rings is 1. The van der Waals surface area contributed by atoms with Gasteiger partial charge in [-0.05, 0) is 49.9 Å². The number of ether oxygens (including phenoxy) is 1. The number of alkyl halides is 2. The number of hydrogen-bond acceptors (Lipinski definition) is 4. The molecule has 2 atom stereocenters. The van der Waals surface area contributed by atoms with Gasteiger partial charge in [-0.15, -0.1) is 11.3 Å². The first-order valence-corrected chi connectivity index (χ1v) is 10.7. The standard InChI is InChI=1S/C21H28F2N4OS/c1-24-21(25-13-15-7-3-4-9-17(15)28-20(22)23)26-14-16-8-5-11-27(2)19(16)18-10-6-12-29-18/h3-4,6-7,9-10,12,16,19-20H,5,8,11,13-14H2,1-2H3,(H2,24,25,26). The number of guanidine groups is 1. The van der Waals surface area contributed by atoms with E-state index in [9.17, 15) is 8.78 Å². The number of piperidine rings is 1. The number of para-hydroxylation sites is 1. The number of thiophene rings is 1. The summed E-state index contributed by atoms with van der Waals surface area (Å²) in [5.74, 6) is 1.30. The molecule has 8 heteroatoms. The third-order valence-electron chi connectivity index (χ3n) is 5.23. The molecule has 1 fully saturated rings. The third kappa shape index (κ3) is 5.90. The van der Waals surface area contributed by atoms with Crippen molar-refractivity contribution in [2.45, 2.75) is 32.0 Å². The van der Waals surface area contributed by atoms with Crippen LogP contribution in [-0.2, 0) is 6.54 Å². The van der Waals surface area contributed by atoms with Crippen molar-refractivity contribution in [2.75, 3.05) is 27.2 Å². The van der Waals surface area contributed by atoms with E-state index in [0.717, 1.165) is 19.5 Å². The van der Waals surface area contributed by atoms with E-state index in [0.29, 0.717) is 30.0 Å². The molecular formula is C21H28F2N4OS. The lowest BCUT2D eigenvalue weighted by Crippen LogP contribution is -2.44. The van der Waals surface area contributed by atoms with Gasteiger partial charge in [-0.3, -0.25) is 9.89 Å². The molecule has 1 aromatic heterocycles. The minimum absolute atomic E-state index is 0.178. The molecule has 0 amide bonds. The van der Waals surface area contributed by atoms with Crippen LogP contribution in [-0.4, -0.2) is 44.7 Å². The van der Waals surface area contributed by atoms with Gasteiger partial charge in [0.2, 0.25) is 0 Å². The van der Waals surface area contributed by atoms with Crippen LogP contribution >= 0.6 is 11.3 Å². The Bertz CT molecular complexity index is 785. The zero-order valence-electron chi connectivity index (χ0n) is 16.8. The van der Waals surface area contributed by atoms with E-state index in [1.54, 1.807) is 42.6 Å². The lowest BCUT2D eigenvalue weighted by Gasteiger charge is -2.39. The Balaban J connectivity index is 1.58. The summed E-state index contributed by atoms with van der Waals surface area (Å²) >= 11 is 1.80. The van der Waals surface area contributed by atoms with Gasteiger partial charge in [0.25, 0.3) is 0 Å². The number of likely N-dealkylation sites (tertiary alicyclic amines) is 1. The van der Waals surface area contributed by atoms with Crippen LogP contribution in [0.3, 0.4) is 0 Å². The fourth-order valence-electron chi connectivity index (χ4n) is 3.87. The van der Waals surface area contributed by atoms with E-state index >= 15 is 0 Å². The van der Waals surface area contributed by atoms with Crippen molar-refractivity contribution in [3.8, 4) is 5.75 Å². The number of rotatable bonds is 7. The number of halogens is 2. The first-order chi connectivity index (χ1) is 14.1. The highest BCUT2D eigenvalue weighted by Crippen LogP contribution is 2.36. The summed E-state index contributed by atoms with van der Waals surface area (Å²) in [5, 5.41) is 8.74. The number of nitrogens with zero attached hydrogens (tertiary/aromatic N) is 2. The molecule has 1 aliphatic rings. The summed E-state index contributed by atoms with van der Waals surface area (Å²) in [6, 6.07) is 11.5. The summed E-state index contributed by atoms with van der Waals surface area (Å²) in [4.78, 5) is 8.09.